The van der Waals surface area contributed by atoms with Crippen molar-refractivity contribution >= 4 is 21.6 Å². The molecule has 3 rings (SSSR count). The van der Waals surface area contributed by atoms with Crippen LogP contribution in [0.25, 0.3) is 0 Å². The van der Waals surface area contributed by atoms with Crippen LogP contribution >= 0.6 is 0 Å². The van der Waals surface area contributed by atoms with Gasteiger partial charge in [0.1, 0.15) is 5.75 Å². The van der Waals surface area contributed by atoms with Gasteiger partial charge in [-0.1, -0.05) is 36.4 Å². The van der Waals surface area contributed by atoms with E-state index in [2.05, 4.69) is 22.2 Å². The smallest absolute Gasteiger partial charge is 0.261 e. The van der Waals surface area contributed by atoms with Crippen LogP contribution in [0.1, 0.15) is 35.6 Å². The molecule has 3 aromatic carbocycles. The van der Waals surface area contributed by atoms with Crippen LogP contribution in [-0.2, 0) is 21.2 Å². The molecule has 0 spiro atoms. The van der Waals surface area contributed by atoms with Crippen LogP contribution in [0, 0.1) is 20.8 Å². The summed E-state index contributed by atoms with van der Waals surface area (Å²) in [5.41, 5.74) is 4.48. The van der Waals surface area contributed by atoms with Gasteiger partial charge in [-0.3, -0.25) is 9.52 Å². The SMILES string of the molecule is Cc1ccc(NS(=O)(=O)c2ccc(OCC(=O)N[C@@H](C)CCc3ccccc3)c(C)c2)cc1C. The molecule has 0 saturated heterocycles. The highest BCUT2D eigenvalue weighted by atomic mass is 32.2. The molecule has 0 saturated carbocycles. The quantitative estimate of drug-likeness (QED) is 0.431. The fourth-order valence-corrected chi connectivity index (χ4v) is 4.66. The summed E-state index contributed by atoms with van der Waals surface area (Å²) in [6.07, 6.45) is 1.71. The second kappa shape index (κ2) is 11.2. The van der Waals surface area contributed by atoms with Gasteiger partial charge in [0.05, 0.1) is 4.90 Å². The lowest BCUT2D eigenvalue weighted by atomic mass is 10.1. The molecule has 1 atom stereocenters. The van der Waals surface area contributed by atoms with Crippen LogP contribution in [0.2, 0.25) is 0 Å². The highest BCUT2D eigenvalue weighted by Crippen LogP contribution is 2.24. The third-order valence-corrected chi connectivity index (χ3v) is 7.07. The number of hydrogen-bond acceptors (Lipinski definition) is 4. The van der Waals surface area contributed by atoms with E-state index in [4.69, 9.17) is 4.74 Å². The number of hydrogen-bond donors (Lipinski definition) is 2. The summed E-state index contributed by atoms with van der Waals surface area (Å²) in [5.74, 6) is 0.255. The van der Waals surface area contributed by atoms with Gasteiger partial charge in [-0.2, -0.15) is 0 Å². The molecular formula is C27H32N2O4S. The lowest BCUT2D eigenvalue weighted by Crippen LogP contribution is -2.36. The first-order valence-corrected chi connectivity index (χ1v) is 12.8. The standard InChI is InChI=1S/C27H32N2O4S/c1-19-10-13-24(16-20(19)2)29-34(31,32)25-14-15-26(21(3)17-25)33-18-27(30)28-22(4)11-12-23-8-6-5-7-9-23/h5-10,13-17,22,29H,11-12,18H2,1-4H3,(H,28,30)/t22-/m0/s1. The van der Waals surface area contributed by atoms with E-state index in [1.807, 2.05) is 45.0 Å². The van der Waals surface area contributed by atoms with Crippen molar-refractivity contribution in [2.75, 3.05) is 11.3 Å². The molecule has 0 aliphatic carbocycles. The minimum Gasteiger partial charge on any atom is -0.484 e. The Morgan fingerprint density at radius 1 is 0.912 bits per heavy atom. The summed E-state index contributed by atoms with van der Waals surface area (Å²) in [4.78, 5) is 12.4. The van der Waals surface area contributed by atoms with Crippen molar-refractivity contribution in [3.05, 3.63) is 89.0 Å². The number of anilines is 1. The molecule has 0 aromatic heterocycles. The highest BCUT2D eigenvalue weighted by Gasteiger charge is 2.17. The predicted octanol–water partition coefficient (Wildman–Crippen LogP) is 4.93. The normalized spacial score (nSPS) is 12.1. The number of benzene rings is 3. The second-order valence-electron chi connectivity index (χ2n) is 8.61. The van der Waals surface area contributed by atoms with Gasteiger partial charge in [0.2, 0.25) is 0 Å². The van der Waals surface area contributed by atoms with Crippen molar-refractivity contribution in [1.29, 1.82) is 0 Å². The maximum absolute atomic E-state index is 12.8. The molecule has 0 fully saturated rings. The van der Waals surface area contributed by atoms with Gasteiger partial charge in [0, 0.05) is 11.7 Å². The minimum absolute atomic E-state index is 0.0152. The maximum atomic E-state index is 12.8. The van der Waals surface area contributed by atoms with Crippen LogP contribution in [0.4, 0.5) is 5.69 Å². The van der Waals surface area contributed by atoms with E-state index in [1.165, 1.54) is 11.6 Å². The molecule has 180 valence electrons. The Morgan fingerprint density at radius 3 is 2.32 bits per heavy atom. The molecule has 0 bridgehead atoms. The molecule has 1 amide bonds. The summed E-state index contributed by atoms with van der Waals surface area (Å²) in [5, 5.41) is 2.94. The largest absolute Gasteiger partial charge is 0.484 e. The summed E-state index contributed by atoms with van der Waals surface area (Å²) in [7, 11) is -3.74. The van der Waals surface area contributed by atoms with Crippen molar-refractivity contribution in [2.24, 2.45) is 0 Å². The third kappa shape index (κ3) is 7.09. The molecule has 2 N–H and O–H groups in total. The van der Waals surface area contributed by atoms with Crippen molar-refractivity contribution in [3.8, 4) is 5.75 Å². The van der Waals surface area contributed by atoms with Gasteiger partial charge in [0.25, 0.3) is 15.9 Å². The van der Waals surface area contributed by atoms with Crippen LogP contribution in [0.15, 0.2) is 71.6 Å². The van der Waals surface area contributed by atoms with Crippen molar-refractivity contribution in [3.63, 3.8) is 0 Å². The number of sulfonamides is 1. The molecule has 6 nitrogen and oxygen atoms in total. The number of ether oxygens (including phenoxy) is 1. The molecule has 0 unspecified atom stereocenters. The van der Waals surface area contributed by atoms with Gasteiger partial charge in [0.15, 0.2) is 6.61 Å². The zero-order chi connectivity index (χ0) is 24.7. The van der Waals surface area contributed by atoms with E-state index in [1.54, 1.807) is 31.2 Å². The number of carbonyl (C=O) groups excluding carboxylic acids is 1. The van der Waals surface area contributed by atoms with Crippen molar-refractivity contribution in [2.45, 2.75) is 51.5 Å². The molecule has 3 aromatic rings. The van der Waals surface area contributed by atoms with Gasteiger partial charge in [-0.25, -0.2) is 8.42 Å². The Balaban J connectivity index is 1.54. The van der Waals surface area contributed by atoms with Crippen LogP contribution in [-0.4, -0.2) is 27.0 Å². The molecule has 7 heteroatoms. The number of rotatable bonds is 10. The Bertz CT molecular complexity index is 1240. The fourth-order valence-electron chi connectivity index (χ4n) is 3.53. The Hall–Kier alpha value is -3.32. The molecule has 0 radical (unpaired) electrons. The molecule has 0 aliphatic heterocycles. The van der Waals surface area contributed by atoms with Crippen LogP contribution < -0.4 is 14.8 Å². The van der Waals surface area contributed by atoms with E-state index in [0.29, 0.717) is 17.0 Å². The molecule has 0 aliphatic rings. The lowest BCUT2D eigenvalue weighted by molar-refractivity contribution is -0.123. The average molecular weight is 481 g/mol. The number of aryl methyl sites for hydroxylation is 4. The number of carbonyl (C=O) groups is 1. The van der Waals surface area contributed by atoms with E-state index in [0.717, 1.165) is 24.0 Å². The van der Waals surface area contributed by atoms with Crippen LogP contribution in [0.5, 0.6) is 5.75 Å². The Morgan fingerprint density at radius 2 is 1.65 bits per heavy atom. The zero-order valence-corrected chi connectivity index (χ0v) is 20.9. The molecule has 0 heterocycles. The van der Waals surface area contributed by atoms with E-state index >= 15 is 0 Å². The van der Waals surface area contributed by atoms with Gasteiger partial charge < -0.3 is 10.1 Å². The average Bonchev–Trinajstić information content (AvgIpc) is 2.80. The number of amides is 1. The zero-order valence-electron chi connectivity index (χ0n) is 20.1. The first kappa shape index (κ1) is 25.3. The maximum Gasteiger partial charge on any atom is 0.261 e. The van der Waals surface area contributed by atoms with Crippen LogP contribution in [0.3, 0.4) is 0 Å². The monoisotopic (exact) mass is 480 g/mol. The van der Waals surface area contributed by atoms with E-state index in [9.17, 15) is 13.2 Å². The van der Waals surface area contributed by atoms with Gasteiger partial charge in [-0.05, 0) is 93.1 Å². The van der Waals surface area contributed by atoms with Crippen molar-refractivity contribution in [1.82, 2.24) is 5.32 Å². The summed E-state index contributed by atoms with van der Waals surface area (Å²) in [6, 6.07) is 20.2. The first-order chi connectivity index (χ1) is 16.1. The van der Waals surface area contributed by atoms with Gasteiger partial charge in [-0.15, -0.1) is 0 Å². The fraction of sp³-hybridized carbons (Fsp3) is 0.296. The predicted molar refractivity (Wildman–Crippen MR) is 136 cm³/mol. The molecule has 34 heavy (non-hydrogen) atoms. The number of nitrogens with one attached hydrogen (secondary N) is 2. The summed E-state index contributed by atoms with van der Waals surface area (Å²) in [6.45, 7) is 7.49. The first-order valence-electron chi connectivity index (χ1n) is 11.3. The summed E-state index contributed by atoms with van der Waals surface area (Å²) < 4.78 is 33.9. The topological polar surface area (TPSA) is 84.5 Å². The van der Waals surface area contributed by atoms with Gasteiger partial charge >= 0.3 is 0 Å². The lowest BCUT2D eigenvalue weighted by Gasteiger charge is -2.15. The second-order valence-corrected chi connectivity index (χ2v) is 10.3. The van der Waals surface area contributed by atoms with Crippen molar-refractivity contribution < 1.29 is 17.9 Å². The van der Waals surface area contributed by atoms with E-state index < -0.39 is 10.0 Å². The third-order valence-electron chi connectivity index (χ3n) is 5.69. The Kier molecular flexibility index (Phi) is 8.34. The highest BCUT2D eigenvalue weighted by molar-refractivity contribution is 7.92. The van der Waals surface area contributed by atoms with E-state index in [-0.39, 0.29) is 23.5 Å². The Labute approximate surface area is 202 Å². The summed E-state index contributed by atoms with van der Waals surface area (Å²) >= 11 is 0. The minimum atomic E-state index is -3.74. The molecular weight excluding hydrogens is 448 g/mol.